The van der Waals surface area contributed by atoms with Gasteiger partial charge < -0.3 is 11.1 Å². The van der Waals surface area contributed by atoms with E-state index in [1.54, 1.807) is 0 Å². The Hall–Kier alpha value is -2.40. The van der Waals surface area contributed by atoms with Gasteiger partial charge in [0.2, 0.25) is 0 Å². The van der Waals surface area contributed by atoms with Crippen LogP contribution in [0.1, 0.15) is 5.56 Å². The Balaban J connectivity index is 1.92. The van der Waals surface area contributed by atoms with Crippen LogP contribution in [0.15, 0.2) is 54.7 Å². The van der Waals surface area contributed by atoms with Crippen LogP contribution in [0, 0.1) is 0 Å². The molecular formula is C15H14N4S. The van der Waals surface area contributed by atoms with E-state index in [0.29, 0.717) is 0 Å². The number of hydrogen-bond donors (Lipinski definition) is 2. The first-order valence-corrected chi connectivity index (χ1v) is 6.69. The Labute approximate surface area is 122 Å². The molecule has 3 rings (SSSR count). The molecule has 3 aromatic rings. The van der Waals surface area contributed by atoms with E-state index in [-0.39, 0.29) is 5.11 Å². The van der Waals surface area contributed by atoms with Crippen LogP contribution in [0.2, 0.25) is 0 Å². The van der Waals surface area contributed by atoms with Gasteiger partial charge in [-0.2, -0.15) is 5.10 Å². The number of hydrogen-bond acceptors (Lipinski definition) is 2. The molecule has 0 bridgehead atoms. The fourth-order valence-corrected chi connectivity index (χ4v) is 2.31. The van der Waals surface area contributed by atoms with E-state index >= 15 is 0 Å². The number of thiocarbonyl (C=S) groups is 1. The molecule has 2 aromatic carbocycles. The van der Waals surface area contributed by atoms with Crippen LogP contribution in [0.3, 0.4) is 0 Å². The van der Waals surface area contributed by atoms with E-state index in [4.69, 9.17) is 18.0 Å². The zero-order valence-electron chi connectivity index (χ0n) is 10.8. The van der Waals surface area contributed by atoms with Crippen LogP contribution >= 0.6 is 12.2 Å². The van der Waals surface area contributed by atoms with Crippen molar-refractivity contribution < 1.29 is 0 Å². The first kappa shape index (κ1) is 12.6. The molecule has 100 valence electrons. The third-order valence-corrected chi connectivity index (χ3v) is 3.19. The summed E-state index contributed by atoms with van der Waals surface area (Å²) in [5, 5.41) is 8.69. The molecule has 5 heteroatoms. The molecule has 0 spiro atoms. The van der Waals surface area contributed by atoms with E-state index in [9.17, 15) is 0 Å². The maximum absolute atomic E-state index is 5.48. The van der Waals surface area contributed by atoms with Crippen molar-refractivity contribution in [3.63, 3.8) is 0 Å². The molecule has 20 heavy (non-hydrogen) atoms. The lowest BCUT2D eigenvalue weighted by Crippen LogP contribution is -2.18. The molecule has 0 amide bonds. The van der Waals surface area contributed by atoms with E-state index in [1.165, 1.54) is 5.56 Å². The summed E-state index contributed by atoms with van der Waals surface area (Å²) in [7, 11) is 0. The van der Waals surface area contributed by atoms with Gasteiger partial charge in [-0.05, 0) is 36.0 Å². The van der Waals surface area contributed by atoms with Crippen molar-refractivity contribution in [1.29, 1.82) is 0 Å². The number of nitrogens with two attached hydrogens (primary N) is 1. The minimum Gasteiger partial charge on any atom is -0.376 e. The van der Waals surface area contributed by atoms with Crippen LogP contribution in [-0.4, -0.2) is 14.9 Å². The second-order valence-corrected chi connectivity index (χ2v) is 4.99. The summed E-state index contributed by atoms with van der Waals surface area (Å²) < 4.78 is 1.98. The Kier molecular flexibility index (Phi) is 3.35. The molecule has 0 aliphatic carbocycles. The van der Waals surface area contributed by atoms with Gasteiger partial charge in [0.1, 0.15) is 0 Å². The highest BCUT2D eigenvalue weighted by Crippen LogP contribution is 2.19. The van der Waals surface area contributed by atoms with E-state index in [2.05, 4.69) is 22.5 Å². The molecule has 0 fully saturated rings. The van der Waals surface area contributed by atoms with Crippen LogP contribution in [0.25, 0.3) is 10.9 Å². The highest BCUT2D eigenvalue weighted by molar-refractivity contribution is 7.80. The minimum atomic E-state index is 0.265. The van der Waals surface area contributed by atoms with Gasteiger partial charge in [-0.3, -0.25) is 4.68 Å². The van der Waals surface area contributed by atoms with Crippen molar-refractivity contribution in [2.45, 2.75) is 6.54 Å². The van der Waals surface area contributed by atoms with Crippen LogP contribution in [-0.2, 0) is 6.54 Å². The number of fused-ring (bicyclic) bond motifs is 1. The number of rotatable bonds is 3. The topological polar surface area (TPSA) is 55.9 Å². The summed E-state index contributed by atoms with van der Waals surface area (Å²) in [5.41, 5.74) is 8.66. The van der Waals surface area contributed by atoms with E-state index in [0.717, 1.165) is 23.1 Å². The van der Waals surface area contributed by atoms with Gasteiger partial charge in [-0.1, -0.05) is 30.3 Å². The summed E-state index contributed by atoms with van der Waals surface area (Å²) in [6, 6.07) is 16.2. The van der Waals surface area contributed by atoms with Gasteiger partial charge in [0.15, 0.2) is 5.11 Å². The Bertz CT molecular complexity index is 749. The lowest BCUT2D eigenvalue weighted by molar-refractivity contribution is 0.712. The molecule has 0 unspecified atom stereocenters. The maximum atomic E-state index is 5.48. The Morgan fingerprint density at radius 1 is 1.20 bits per heavy atom. The van der Waals surface area contributed by atoms with Crippen molar-refractivity contribution in [2.24, 2.45) is 5.73 Å². The summed E-state index contributed by atoms with van der Waals surface area (Å²) >= 11 is 4.84. The molecule has 3 N–H and O–H groups in total. The Morgan fingerprint density at radius 3 is 2.75 bits per heavy atom. The lowest BCUT2D eigenvalue weighted by Gasteiger charge is -2.06. The molecule has 1 heterocycles. The highest BCUT2D eigenvalue weighted by atomic mass is 32.1. The van der Waals surface area contributed by atoms with Crippen molar-refractivity contribution in [3.8, 4) is 0 Å². The van der Waals surface area contributed by atoms with E-state index < -0.39 is 0 Å². The number of anilines is 1. The molecule has 0 radical (unpaired) electrons. The standard InChI is InChI=1S/C15H14N4S/c16-15(20)18-13-6-7-14-12(8-13)9-17-19(14)10-11-4-2-1-3-5-11/h1-9H,10H2,(H3,16,18,20). The largest absolute Gasteiger partial charge is 0.376 e. The molecular weight excluding hydrogens is 268 g/mol. The van der Waals surface area contributed by atoms with Crippen molar-refractivity contribution in [3.05, 3.63) is 60.3 Å². The third-order valence-electron chi connectivity index (χ3n) is 3.08. The monoisotopic (exact) mass is 282 g/mol. The quantitative estimate of drug-likeness (QED) is 0.725. The first-order chi connectivity index (χ1) is 9.72. The van der Waals surface area contributed by atoms with Crippen molar-refractivity contribution in [2.75, 3.05) is 5.32 Å². The SMILES string of the molecule is NC(=S)Nc1ccc2c(cnn2Cc2ccccc2)c1. The average molecular weight is 282 g/mol. The number of aromatic nitrogens is 2. The summed E-state index contributed by atoms with van der Waals surface area (Å²) in [6.45, 7) is 0.756. The molecule has 0 saturated heterocycles. The summed E-state index contributed by atoms with van der Waals surface area (Å²) in [5.74, 6) is 0. The van der Waals surface area contributed by atoms with Gasteiger partial charge in [0, 0.05) is 11.1 Å². The fraction of sp³-hybridized carbons (Fsp3) is 0.0667. The lowest BCUT2D eigenvalue weighted by atomic mass is 10.2. The molecule has 4 nitrogen and oxygen atoms in total. The highest BCUT2D eigenvalue weighted by Gasteiger charge is 2.04. The van der Waals surface area contributed by atoms with Crippen LogP contribution < -0.4 is 11.1 Å². The minimum absolute atomic E-state index is 0.265. The maximum Gasteiger partial charge on any atom is 0.168 e. The predicted octanol–water partition coefficient (Wildman–Crippen LogP) is 2.74. The average Bonchev–Trinajstić information content (AvgIpc) is 2.82. The molecule has 1 aromatic heterocycles. The Morgan fingerprint density at radius 2 is 2.00 bits per heavy atom. The van der Waals surface area contributed by atoms with Gasteiger partial charge in [0.25, 0.3) is 0 Å². The van der Waals surface area contributed by atoms with Gasteiger partial charge >= 0.3 is 0 Å². The first-order valence-electron chi connectivity index (χ1n) is 6.28. The number of benzene rings is 2. The molecule has 0 aliphatic heterocycles. The second-order valence-electron chi connectivity index (χ2n) is 4.55. The fourth-order valence-electron chi connectivity index (χ4n) is 2.19. The summed E-state index contributed by atoms with van der Waals surface area (Å²) in [6.07, 6.45) is 1.85. The molecule has 0 atom stereocenters. The zero-order valence-corrected chi connectivity index (χ0v) is 11.6. The number of nitrogens with one attached hydrogen (secondary N) is 1. The van der Waals surface area contributed by atoms with Crippen molar-refractivity contribution in [1.82, 2.24) is 9.78 Å². The van der Waals surface area contributed by atoms with Gasteiger partial charge in [-0.15, -0.1) is 0 Å². The van der Waals surface area contributed by atoms with Crippen LogP contribution in [0.4, 0.5) is 5.69 Å². The second kappa shape index (κ2) is 5.30. The van der Waals surface area contributed by atoms with Crippen molar-refractivity contribution >= 4 is 33.9 Å². The summed E-state index contributed by atoms with van der Waals surface area (Å²) in [4.78, 5) is 0. The zero-order chi connectivity index (χ0) is 13.9. The third kappa shape index (κ3) is 2.62. The normalized spacial score (nSPS) is 10.6. The van der Waals surface area contributed by atoms with Gasteiger partial charge in [-0.25, -0.2) is 0 Å². The molecule has 0 aliphatic rings. The predicted molar refractivity (Wildman–Crippen MR) is 85.7 cm³/mol. The van der Waals surface area contributed by atoms with Gasteiger partial charge in [0.05, 0.1) is 18.3 Å². The number of nitrogens with zero attached hydrogens (tertiary/aromatic N) is 2. The van der Waals surface area contributed by atoms with Crippen LogP contribution in [0.5, 0.6) is 0 Å². The smallest absolute Gasteiger partial charge is 0.168 e. The van der Waals surface area contributed by atoms with E-state index in [1.807, 2.05) is 47.3 Å². The molecule has 0 saturated carbocycles.